The van der Waals surface area contributed by atoms with Crippen molar-refractivity contribution in [2.45, 2.75) is 0 Å². The average molecular weight is 340 g/mol. The fourth-order valence-corrected chi connectivity index (χ4v) is 2.02. The number of carbonyl (C=O) groups excluding carboxylic acids is 1. The molecule has 1 aromatic carbocycles. The Morgan fingerprint density at radius 3 is 2.90 bits per heavy atom. The Labute approximate surface area is 123 Å². The third kappa shape index (κ3) is 2.88. The number of rotatable bonds is 3. The second-order valence-corrected chi connectivity index (χ2v) is 4.73. The van der Waals surface area contributed by atoms with Gasteiger partial charge in [-0.1, -0.05) is 6.07 Å². The van der Waals surface area contributed by atoms with Gasteiger partial charge >= 0.3 is 5.97 Å². The average Bonchev–Trinajstić information content (AvgIpc) is 2.43. The highest BCUT2D eigenvalue weighted by molar-refractivity contribution is 9.10. The number of esters is 1. The second kappa shape index (κ2) is 5.87. The number of methoxy groups -OCH3 is 1. The molecule has 0 saturated carbocycles. The molecular weight excluding hydrogens is 329 g/mol. The van der Waals surface area contributed by atoms with Crippen molar-refractivity contribution in [1.82, 2.24) is 4.98 Å². The van der Waals surface area contributed by atoms with Crippen molar-refractivity contribution >= 4 is 39.1 Å². The lowest BCUT2D eigenvalue weighted by molar-refractivity contribution is 0.0601. The highest BCUT2D eigenvalue weighted by Gasteiger charge is 2.16. The lowest BCUT2D eigenvalue weighted by Crippen LogP contribution is -2.09. The fourth-order valence-electron chi connectivity index (χ4n) is 1.58. The first kappa shape index (κ1) is 14.3. The van der Waals surface area contributed by atoms with Crippen LogP contribution in [0.5, 0.6) is 0 Å². The summed E-state index contributed by atoms with van der Waals surface area (Å²) >= 11 is 3.23. The summed E-state index contributed by atoms with van der Waals surface area (Å²) in [6.45, 7) is 0. The van der Waals surface area contributed by atoms with Crippen LogP contribution < -0.4 is 11.1 Å². The van der Waals surface area contributed by atoms with E-state index >= 15 is 0 Å². The number of nitrogen functional groups attached to an aromatic ring is 1. The van der Waals surface area contributed by atoms with Crippen LogP contribution >= 0.6 is 15.9 Å². The van der Waals surface area contributed by atoms with Crippen molar-refractivity contribution < 1.29 is 13.9 Å². The number of ether oxygens (including phenoxy) is 1. The number of anilines is 3. The van der Waals surface area contributed by atoms with Gasteiger partial charge in [0.25, 0.3) is 0 Å². The molecule has 20 heavy (non-hydrogen) atoms. The number of aromatic nitrogens is 1. The Morgan fingerprint density at radius 1 is 1.50 bits per heavy atom. The van der Waals surface area contributed by atoms with Crippen LogP contribution in [0.4, 0.5) is 21.6 Å². The van der Waals surface area contributed by atoms with Gasteiger partial charge in [-0.05, 0) is 34.1 Å². The molecule has 2 rings (SSSR count). The van der Waals surface area contributed by atoms with E-state index in [4.69, 9.17) is 5.73 Å². The molecule has 0 saturated heterocycles. The van der Waals surface area contributed by atoms with Crippen molar-refractivity contribution in [3.05, 3.63) is 46.3 Å². The number of nitrogens with one attached hydrogen (secondary N) is 1. The van der Waals surface area contributed by atoms with Gasteiger partial charge < -0.3 is 15.8 Å². The maximum absolute atomic E-state index is 13.8. The first-order chi connectivity index (χ1) is 9.52. The van der Waals surface area contributed by atoms with E-state index in [1.165, 1.54) is 25.4 Å². The highest BCUT2D eigenvalue weighted by Crippen LogP contribution is 2.29. The zero-order chi connectivity index (χ0) is 14.7. The topological polar surface area (TPSA) is 77.2 Å². The summed E-state index contributed by atoms with van der Waals surface area (Å²) in [7, 11) is 1.24. The van der Waals surface area contributed by atoms with Crippen LogP contribution in [-0.2, 0) is 4.74 Å². The lowest BCUT2D eigenvalue weighted by atomic mass is 10.2. The third-order valence-electron chi connectivity index (χ3n) is 2.52. The minimum atomic E-state index is -0.611. The van der Waals surface area contributed by atoms with Crippen molar-refractivity contribution in [2.24, 2.45) is 0 Å². The van der Waals surface area contributed by atoms with Crippen LogP contribution in [0, 0.1) is 5.82 Å². The standard InChI is InChI=1S/C13H11BrFN3O2/c1-20-13(19)8-5-7(16)6-17-12(8)18-11-9(14)3-2-4-10(11)15/h2-6H,16H2,1H3,(H,17,18). The number of para-hydroxylation sites is 1. The summed E-state index contributed by atoms with van der Waals surface area (Å²) in [6, 6.07) is 5.93. The molecule has 0 aliphatic carbocycles. The number of hydrogen-bond acceptors (Lipinski definition) is 5. The van der Waals surface area contributed by atoms with E-state index in [2.05, 4.69) is 31.0 Å². The quantitative estimate of drug-likeness (QED) is 0.840. The molecule has 7 heteroatoms. The van der Waals surface area contributed by atoms with E-state index in [1.807, 2.05) is 0 Å². The van der Waals surface area contributed by atoms with E-state index in [9.17, 15) is 9.18 Å². The molecule has 0 bridgehead atoms. The number of hydrogen-bond donors (Lipinski definition) is 2. The van der Waals surface area contributed by atoms with Crippen LogP contribution in [0.25, 0.3) is 0 Å². The molecule has 1 aromatic heterocycles. The van der Waals surface area contributed by atoms with E-state index < -0.39 is 11.8 Å². The van der Waals surface area contributed by atoms with E-state index in [1.54, 1.807) is 12.1 Å². The predicted octanol–water partition coefficient (Wildman–Crippen LogP) is 3.10. The number of carbonyl (C=O) groups is 1. The lowest BCUT2D eigenvalue weighted by Gasteiger charge is -2.12. The summed E-state index contributed by atoms with van der Waals surface area (Å²) < 4.78 is 18.9. The highest BCUT2D eigenvalue weighted by atomic mass is 79.9. The Hall–Kier alpha value is -2.15. The summed E-state index contributed by atoms with van der Waals surface area (Å²) in [5.41, 5.74) is 6.20. The molecule has 0 spiro atoms. The Kier molecular flexibility index (Phi) is 4.19. The van der Waals surface area contributed by atoms with Gasteiger partial charge in [0.1, 0.15) is 17.2 Å². The van der Waals surface area contributed by atoms with Gasteiger partial charge in [0, 0.05) is 4.47 Å². The maximum atomic E-state index is 13.8. The summed E-state index contributed by atoms with van der Waals surface area (Å²) in [5.74, 6) is -0.926. The smallest absolute Gasteiger partial charge is 0.341 e. The van der Waals surface area contributed by atoms with Crippen LogP contribution in [0.15, 0.2) is 34.9 Å². The van der Waals surface area contributed by atoms with Gasteiger partial charge in [0.15, 0.2) is 0 Å². The molecule has 5 nitrogen and oxygen atoms in total. The summed E-state index contributed by atoms with van der Waals surface area (Å²) in [6.07, 6.45) is 1.36. The van der Waals surface area contributed by atoms with E-state index in [0.29, 0.717) is 10.2 Å². The van der Waals surface area contributed by atoms with Crippen LogP contribution in [0.2, 0.25) is 0 Å². The summed E-state index contributed by atoms with van der Waals surface area (Å²) in [4.78, 5) is 15.7. The molecule has 2 aromatic rings. The van der Waals surface area contributed by atoms with Crippen LogP contribution in [-0.4, -0.2) is 18.1 Å². The SMILES string of the molecule is COC(=O)c1cc(N)cnc1Nc1c(F)cccc1Br. The monoisotopic (exact) mass is 339 g/mol. The number of nitrogens with zero attached hydrogens (tertiary/aromatic N) is 1. The second-order valence-electron chi connectivity index (χ2n) is 3.88. The molecule has 0 aliphatic heterocycles. The van der Waals surface area contributed by atoms with Gasteiger partial charge in [-0.25, -0.2) is 14.2 Å². The molecule has 0 aliphatic rings. The molecule has 0 unspecified atom stereocenters. The van der Waals surface area contributed by atoms with Gasteiger partial charge in [0.2, 0.25) is 0 Å². The first-order valence-electron chi connectivity index (χ1n) is 5.57. The Bertz CT molecular complexity index is 644. The maximum Gasteiger partial charge on any atom is 0.341 e. The number of pyridine rings is 1. The Morgan fingerprint density at radius 2 is 2.25 bits per heavy atom. The molecule has 0 amide bonds. The third-order valence-corrected chi connectivity index (χ3v) is 3.18. The van der Waals surface area contributed by atoms with Gasteiger partial charge in [0.05, 0.1) is 24.7 Å². The predicted molar refractivity (Wildman–Crippen MR) is 77.4 cm³/mol. The van der Waals surface area contributed by atoms with Crippen LogP contribution in [0.3, 0.4) is 0 Å². The minimum absolute atomic E-state index is 0.127. The fraction of sp³-hybridized carbons (Fsp3) is 0.0769. The largest absolute Gasteiger partial charge is 0.465 e. The normalized spacial score (nSPS) is 10.2. The van der Waals surface area contributed by atoms with Crippen molar-refractivity contribution in [1.29, 1.82) is 0 Å². The molecule has 0 atom stereocenters. The molecule has 0 fully saturated rings. The van der Waals surface area contributed by atoms with Gasteiger partial charge in [-0.15, -0.1) is 0 Å². The molecule has 1 heterocycles. The molecule has 0 radical (unpaired) electrons. The van der Waals surface area contributed by atoms with E-state index in [0.717, 1.165) is 0 Å². The first-order valence-corrected chi connectivity index (χ1v) is 6.37. The molecule has 3 N–H and O–H groups in total. The van der Waals surface area contributed by atoms with Crippen LogP contribution in [0.1, 0.15) is 10.4 Å². The minimum Gasteiger partial charge on any atom is -0.465 e. The zero-order valence-corrected chi connectivity index (χ0v) is 12.1. The zero-order valence-electron chi connectivity index (χ0n) is 10.5. The summed E-state index contributed by atoms with van der Waals surface area (Å²) in [5, 5.41) is 2.76. The Balaban J connectivity index is 2.46. The van der Waals surface area contributed by atoms with Crippen molar-refractivity contribution in [3.63, 3.8) is 0 Å². The number of nitrogens with two attached hydrogens (primary N) is 1. The van der Waals surface area contributed by atoms with Crippen molar-refractivity contribution in [2.75, 3.05) is 18.2 Å². The number of halogens is 2. The van der Waals surface area contributed by atoms with Gasteiger partial charge in [-0.2, -0.15) is 0 Å². The molecule has 104 valence electrons. The number of benzene rings is 1. The van der Waals surface area contributed by atoms with Gasteiger partial charge in [-0.3, -0.25) is 0 Å². The van der Waals surface area contributed by atoms with E-state index in [-0.39, 0.29) is 17.1 Å². The van der Waals surface area contributed by atoms with Crippen molar-refractivity contribution in [3.8, 4) is 0 Å². The molecular formula is C13H11BrFN3O2.